The van der Waals surface area contributed by atoms with E-state index in [4.69, 9.17) is 16.3 Å². The predicted molar refractivity (Wildman–Crippen MR) is 92.8 cm³/mol. The normalized spacial score (nSPS) is 11.5. The van der Waals surface area contributed by atoms with E-state index in [1.807, 2.05) is 13.8 Å². The highest BCUT2D eigenvalue weighted by molar-refractivity contribution is 7.89. The number of aryl methyl sites for hydroxylation is 2. The van der Waals surface area contributed by atoms with E-state index in [1.165, 1.54) is 19.2 Å². The van der Waals surface area contributed by atoms with E-state index in [9.17, 15) is 13.2 Å². The fourth-order valence-electron chi connectivity index (χ4n) is 2.00. The molecule has 0 aliphatic rings. The van der Waals surface area contributed by atoms with E-state index >= 15 is 0 Å². The van der Waals surface area contributed by atoms with Crippen molar-refractivity contribution in [3.63, 3.8) is 0 Å². The molecule has 2 aromatic carbocycles. The number of likely N-dealkylation sites (N-methyl/N-ethyl adjacent to an activating group) is 1. The quantitative estimate of drug-likeness (QED) is 0.601. The molecule has 0 atom stereocenters. The van der Waals surface area contributed by atoms with Crippen LogP contribution >= 0.6 is 11.6 Å². The van der Waals surface area contributed by atoms with Crippen molar-refractivity contribution in [2.45, 2.75) is 18.7 Å². The van der Waals surface area contributed by atoms with Crippen LogP contribution in [0.15, 0.2) is 47.4 Å². The van der Waals surface area contributed by atoms with E-state index in [0.29, 0.717) is 0 Å². The van der Waals surface area contributed by atoms with Crippen LogP contribution in [0.2, 0.25) is 5.02 Å². The van der Waals surface area contributed by atoms with E-state index in [2.05, 4.69) is 0 Å². The fourth-order valence-corrected chi connectivity index (χ4v) is 3.27. The van der Waals surface area contributed by atoms with Gasteiger partial charge in [-0.3, -0.25) is 4.79 Å². The molecule has 0 aliphatic carbocycles. The van der Waals surface area contributed by atoms with Crippen LogP contribution < -0.4 is 4.74 Å². The number of benzene rings is 2. The van der Waals surface area contributed by atoms with Crippen LogP contribution in [0.1, 0.15) is 11.1 Å². The molecule has 128 valence electrons. The summed E-state index contributed by atoms with van der Waals surface area (Å²) in [4.78, 5) is 12.2. The summed E-state index contributed by atoms with van der Waals surface area (Å²) in [6.45, 7) is 3.28. The monoisotopic (exact) mass is 367 g/mol. The Morgan fingerprint density at radius 3 is 2.29 bits per heavy atom. The van der Waals surface area contributed by atoms with E-state index in [-0.39, 0.29) is 15.7 Å². The largest absolute Gasteiger partial charge is 0.424 e. The van der Waals surface area contributed by atoms with Gasteiger partial charge in [0.05, 0.1) is 9.92 Å². The van der Waals surface area contributed by atoms with Crippen LogP contribution in [0, 0.1) is 13.8 Å². The second-order valence-corrected chi connectivity index (χ2v) is 7.93. The highest BCUT2D eigenvalue weighted by atomic mass is 35.5. The first kappa shape index (κ1) is 18.4. The summed E-state index contributed by atoms with van der Waals surface area (Å²) in [5.74, 6) is -0.497. The Morgan fingerprint density at radius 2 is 1.67 bits per heavy atom. The summed E-state index contributed by atoms with van der Waals surface area (Å²) in [7, 11) is -2.43. The lowest BCUT2D eigenvalue weighted by Crippen LogP contribution is -2.34. The molecular weight excluding hydrogens is 350 g/mol. The van der Waals surface area contributed by atoms with E-state index in [0.717, 1.165) is 15.4 Å². The van der Waals surface area contributed by atoms with Gasteiger partial charge in [-0.25, -0.2) is 8.42 Å². The van der Waals surface area contributed by atoms with Gasteiger partial charge in [0.1, 0.15) is 12.3 Å². The standard InChI is InChI=1S/C17H18ClNO4S/c1-12-4-7-14(8-5-12)24(21,22)19(3)11-17(20)23-16-10-13(2)6-9-15(16)18/h4-10H,11H2,1-3H3. The minimum absolute atomic E-state index is 0.122. The molecule has 0 aliphatic heterocycles. The number of carbonyl (C=O) groups excluding carboxylic acids is 1. The third-order valence-corrected chi connectivity index (χ3v) is 5.52. The second-order valence-electron chi connectivity index (χ2n) is 5.48. The Balaban J connectivity index is 2.10. The molecule has 2 aromatic rings. The Hall–Kier alpha value is -1.89. The number of ether oxygens (including phenoxy) is 1. The number of hydrogen-bond acceptors (Lipinski definition) is 4. The molecule has 0 aromatic heterocycles. The zero-order chi connectivity index (χ0) is 17.9. The van der Waals surface area contributed by atoms with Crippen molar-refractivity contribution >= 4 is 27.6 Å². The molecule has 2 rings (SSSR count). The number of esters is 1. The topological polar surface area (TPSA) is 63.7 Å². The van der Waals surface area contributed by atoms with Crippen LogP contribution in [-0.4, -0.2) is 32.3 Å². The molecule has 0 radical (unpaired) electrons. The van der Waals surface area contributed by atoms with Crippen LogP contribution in [0.25, 0.3) is 0 Å². The maximum absolute atomic E-state index is 12.4. The summed E-state index contributed by atoms with van der Waals surface area (Å²) in [6.07, 6.45) is 0. The minimum Gasteiger partial charge on any atom is -0.424 e. The lowest BCUT2D eigenvalue weighted by atomic mass is 10.2. The first-order valence-corrected chi connectivity index (χ1v) is 9.02. The summed E-state index contributed by atoms with van der Waals surface area (Å²) in [5, 5.41) is 0.290. The Bertz CT molecular complexity index is 847. The molecule has 0 heterocycles. The third kappa shape index (κ3) is 4.35. The van der Waals surface area contributed by atoms with Gasteiger partial charge in [-0.2, -0.15) is 4.31 Å². The average Bonchev–Trinajstić information content (AvgIpc) is 2.51. The Labute approximate surface area is 146 Å². The zero-order valence-electron chi connectivity index (χ0n) is 13.6. The van der Waals surface area contributed by atoms with Crippen molar-refractivity contribution in [2.75, 3.05) is 13.6 Å². The number of rotatable bonds is 5. The number of sulfonamides is 1. The maximum Gasteiger partial charge on any atom is 0.326 e. The molecule has 7 heteroatoms. The molecule has 0 unspecified atom stereocenters. The molecule has 0 N–H and O–H groups in total. The third-order valence-electron chi connectivity index (χ3n) is 3.39. The van der Waals surface area contributed by atoms with Crippen molar-refractivity contribution in [1.82, 2.24) is 4.31 Å². The maximum atomic E-state index is 12.4. The molecule has 0 saturated heterocycles. The van der Waals surface area contributed by atoms with Crippen molar-refractivity contribution in [1.29, 1.82) is 0 Å². The van der Waals surface area contributed by atoms with Crippen LogP contribution in [0.5, 0.6) is 5.75 Å². The minimum atomic E-state index is -3.76. The summed E-state index contributed by atoms with van der Waals surface area (Å²) in [6, 6.07) is 11.4. The highest BCUT2D eigenvalue weighted by Crippen LogP contribution is 2.25. The van der Waals surface area contributed by atoms with E-state index in [1.54, 1.807) is 30.3 Å². The van der Waals surface area contributed by atoms with Gasteiger partial charge in [0.2, 0.25) is 10.0 Å². The van der Waals surface area contributed by atoms with Gasteiger partial charge in [0, 0.05) is 7.05 Å². The molecule has 0 saturated carbocycles. The molecule has 0 bridgehead atoms. The predicted octanol–water partition coefficient (Wildman–Crippen LogP) is 3.18. The van der Waals surface area contributed by atoms with Crippen molar-refractivity contribution in [3.8, 4) is 5.75 Å². The van der Waals surface area contributed by atoms with Crippen LogP contribution in [0.3, 0.4) is 0 Å². The van der Waals surface area contributed by atoms with Crippen molar-refractivity contribution in [3.05, 3.63) is 58.6 Å². The van der Waals surface area contributed by atoms with Crippen LogP contribution in [0.4, 0.5) is 0 Å². The van der Waals surface area contributed by atoms with Gasteiger partial charge >= 0.3 is 5.97 Å². The Morgan fingerprint density at radius 1 is 1.08 bits per heavy atom. The summed E-state index contributed by atoms with van der Waals surface area (Å²) < 4.78 is 31.0. The summed E-state index contributed by atoms with van der Waals surface area (Å²) >= 11 is 5.97. The lowest BCUT2D eigenvalue weighted by molar-refractivity contribution is -0.134. The average molecular weight is 368 g/mol. The first-order chi connectivity index (χ1) is 11.2. The smallest absolute Gasteiger partial charge is 0.326 e. The number of halogens is 1. The number of hydrogen-bond donors (Lipinski definition) is 0. The Kier molecular flexibility index (Phi) is 5.64. The second kappa shape index (κ2) is 7.34. The lowest BCUT2D eigenvalue weighted by Gasteiger charge is -2.16. The fraction of sp³-hybridized carbons (Fsp3) is 0.235. The number of carbonyl (C=O) groups is 1. The molecule has 24 heavy (non-hydrogen) atoms. The number of nitrogens with zero attached hydrogens (tertiary/aromatic N) is 1. The SMILES string of the molecule is Cc1ccc(S(=O)(=O)N(C)CC(=O)Oc2cc(C)ccc2Cl)cc1. The van der Waals surface area contributed by atoms with Gasteiger partial charge in [-0.05, 0) is 43.7 Å². The molecular formula is C17H18ClNO4S. The van der Waals surface area contributed by atoms with Gasteiger partial charge in [0.15, 0.2) is 0 Å². The molecule has 5 nitrogen and oxygen atoms in total. The highest BCUT2D eigenvalue weighted by Gasteiger charge is 2.24. The van der Waals surface area contributed by atoms with Crippen molar-refractivity contribution < 1.29 is 17.9 Å². The van der Waals surface area contributed by atoms with Crippen molar-refractivity contribution in [2.24, 2.45) is 0 Å². The van der Waals surface area contributed by atoms with Gasteiger partial charge in [-0.15, -0.1) is 0 Å². The zero-order valence-corrected chi connectivity index (χ0v) is 15.2. The summed E-state index contributed by atoms with van der Waals surface area (Å²) in [5.41, 5.74) is 1.83. The van der Waals surface area contributed by atoms with Gasteiger partial charge < -0.3 is 4.74 Å². The molecule has 0 fully saturated rings. The molecule has 0 spiro atoms. The van der Waals surface area contributed by atoms with E-state index < -0.39 is 22.5 Å². The van der Waals surface area contributed by atoms with Crippen LogP contribution in [-0.2, 0) is 14.8 Å². The van der Waals surface area contributed by atoms with Gasteiger partial charge in [-0.1, -0.05) is 35.4 Å². The van der Waals surface area contributed by atoms with Gasteiger partial charge in [0.25, 0.3) is 0 Å². The first-order valence-electron chi connectivity index (χ1n) is 7.20. The molecule has 0 amide bonds.